The number of thiazole rings is 1. The summed E-state index contributed by atoms with van der Waals surface area (Å²) in [5.74, 6) is 0.753. The van der Waals surface area contributed by atoms with Gasteiger partial charge in [0.1, 0.15) is 24.6 Å². The minimum Gasteiger partial charge on any atom is -0.491 e. The van der Waals surface area contributed by atoms with E-state index in [1.165, 1.54) is 5.56 Å². The number of hydroxylamine groups is 1. The Bertz CT molecular complexity index is 1180. The van der Waals surface area contributed by atoms with Crippen LogP contribution in [-0.2, 0) is 4.84 Å². The average molecular weight is 495 g/mol. The number of nitrogens with zero attached hydrogens (tertiary/aromatic N) is 3. The smallest absolute Gasteiger partial charge is 0.121 e. The summed E-state index contributed by atoms with van der Waals surface area (Å²) in [6.45, 7) is 10.9. The van der Waals surface area contributed by atoms with Crippen LogP contribution < -0.4 is 10.2 Å². The fraction of sp³-hybridized carbons (Fsp3) is 0.444. The number of hydrogen-bond acceptors (Lipinski definition) is 8. The number of β-amino-alcohol motifs (C(OH)–C–C–N with tert-alkyl or cyclic N) is 1. The Morgan fingerprint density at radius 1 is 1.20 bits per heavy atom. The van der Waals surface area contributed by atoms with Crippen molar-refractivity contribution in [3.8, 4) is 5.75 Å². The van der Waals surface area contributed by atoms with Crippen LogP contribution in [0.25, 0.3) is 15.9 Å². The third-order valence-corrected chi connectivity index (χ3v) is 7.63. The number of aryl methyl sites for hydroxylation is 2. The lowest BCUT2D eigenvalue weighted by atomic mass is 10.1. The molecule has 2 aliphatic heterocycles. The Hall–Kier alpha value is -2.49. The van der Waals surface area contributed by atoms with Gasteiger partial charge in [0.15, 0.2) is 0 Å². The Balaban J connectivity index is 1.07. The number of aliphatic hydroxyl groups is 1. The maximum Gasteiger partial charge on any atom is 0.121 e. The van der Waals surface area contributed by atoms with Gasteiger partial charge in [-0.3, -0.25) is 20.1 Å². The molecule has 0 spiro atoms. The number of benzene rings is 2. The fourth-order valence-corrected chi connectivity index (χ4v) is 5.57. The number of hydrogen-bond donors (Lipinski definition) is 2. The molecule has 5 rings (SSSR count). The van der Waals surface area contributed by atoms with Crippen LogP contribution in [0.1, 0.15) is 23.1 Å². The average Bonchev–Trinajstić information content (AvgIpc) is 3.45. The van der Waals surface area contributed by atoms with Gasteiger partial charge in [-0.1, -0.05) is 29.8 Å². The SMILES string of the molecule is Cc1ccc(C2=CC(CN3CCN(CC(O)COc4ccc5sc(C)nc5c4)[C@@H](C)C3)ON2)cc1. The van der Waals surface area contributed by atoms with Crippen LogP contribution in [0.4, 0.5) is 0 Å². The van der Waals surface area contributed by atoms with E-state index in [4.69, 9.17) is 9.57 Å². The molecule has 0 radical (unpaired) electrons. The molecule has 0 saturated carbocycles. The van der Waals surface area contributed by atoms with Crippen molar-refractivity contribution >= 4 is 27.3 Å². The van der Waals surface area contributed by atoms with Crippen LogP contribution in [0.3, 0.4) is 0 Å². The van der Waals surface area contributed by atoms with Gasteiger partial charge in [0.05, 0.1) is 20.9 Å². The molecule has 2 N–H and O–H groups in total. The first-order valence-electron chi connectivity index (χ1n) is 12.3. The fourth-order valence-electron chi connectivity index (χ4n) is 4.76. The molecule has 2 aromatic carbocycles. The summed E-state index contributed by atoms with van der Waals surface area (Å²) in [6, 6.07) is 14.8. The van der Waals surface area contributed by atoms with Crippen LogP contribution in [-0.4, -0.2) is 77.5 Å². The number of ether oxygens (including phenoxy) is 1. The van der Waals surface area contributed by atoms with Crippen molar-refractivity contribution in [2.45, 2.75) is 39.0 Å². The first-order valence-corrected chi connectivity index (χ1v) is 13.1. The van der Waals surface area contributed by atoms with Gasteiger partial charge in [-0.05, 0) is 44.5 Å². The van der Waals surface area contributed by atoms with Gasteiger partial charge in [-0.25, -0.2) is 4.98 Å². The molecule has 0 bridgehead atoms. The first kappa shape index (κ1) is 24.2. The van der Waals surface area contributed by atoms with Crippen molar-refractivity contribution in [3.63, 3.8) is 0 Å². The van der Waals surface area contributed by atoms with Crippen molar-refractivity contribution in [2.24, 2.45) is 0 Å². The molecule has 1 aromatic heterocycles. The Morgan fingerprint density at radius 2 is 2.03 bits per heavy atom. The predicted octanol–water partition coefficient (Wildman–Crippen LogP) is 3.60. The standard InChI is InChI=1S/C27H34N4O3S/c1-18-4-6-21(7-5-18)25-13-24(34-29-25)16-30-10-11-31(19(2)14-30)15-22(32)17-33-23-8-9-27-26(12-23)28-20(3)35-27/h4-9,12-13,19,22,24,29,32H,10-11,14-17H2,1-3H3/t19-,22?,24?/m0/s1. The summed E-state index contributed by atoms with van der Waals surface area (Å²) in [4.78, 5) is 15.1. The van der Waals surface area contributed by atoms with Crippen molar-refractivity contribution in [3.05, 3.63) is 64.7 Å². The van der Waals surface area contributed by atoms with Crippen molar-refractivity contribution in [1.29, 1.82) is 0 Å². The van der Waals surface area contributed by atoms with Crippen molar-refractivity contribution < 1.29 is 14.7 Å². The number of aliphatic hydroxyl groups excluding tert-OH is 1. The summed E-state index contributed by atoms with van der Waals surface area (Å²) in [6.07, 6.45) is 1.66. The van der Waals surface area contributed by atoms with E-state index in [1.807, 2.05) is 25.1 Å². The number of aromatic nitrogens is 1. The maximum absolute atomic E-state index is 10.6. The second-order valence-electron chi connectivity index (χ2n) is 9.64. The molecule has 186 valence electrons. The topological polar surface area (TPSA) is 70.1 Å². The van der Waals surface area contributed by atoms with E-state index in [0.717, 1.165) is 58.4 Å². The van der Waals surface area contributed by atoms with Crippen LogP contribution in [0.5, 0.6) is 5.75 Å². The zero-order valence-electron chi connectivity index (χ0n) is 20.6. The summed E-state index contributed by atoms with van der Waals surface area (Å²) in [5.41, 5.74) is 7.47. The Morgan fingerprint density at radius 3 is 2.83 bits per heavy atom. The van der Waals surface area contributed by atoms with Gasteiger partial charge in [0, 0.05) is 44.8 Å². The molecular formula is C27H34N4O3S. The highest BCUT2D eigenvalue weighted by Crippen LogP contribution is 2.26. The number of fused-ring (bicyclic) bond motifs is 1. The number of piperazine rings is 1. The normalized spacial score (nSPS) is 22.2. The van der Waals surface area contributed by atoms with E-state index in [-0.39, 0.29) is 12.7 Å². The van der Waals surface area contributed by atoms with E-state index in [9.17, 15) is 5.11 Å². The van der Waals surface area contributed by atoms with Crippen molar-refractivity contribution in [2.75, 3.05) is 39.3 Å². The summed E-state index contributed by atoms with van der Waals surface area (Å²) >= 11 is 1.68. The van der Waals surface area contributed by atoms with Crippen LogP contribution in [0.15, 0.2) is 48.5 Å². The zero-order chi connectivity index (χ0) is 24.4. The van der Waals surface area contributed by atoms with E-state index in [2.05, 4.69) is 64.5 Å². The molecule has 2 unspecified atom stereocenters. The summed E-state index contributed by atoms with van der Waals surface area (Å²) in [7, 11) is 0. The highest BCUT2D eigenvalue weighted by Gasteiger charge is 2.28. The van der Waals surface area contributed by atoms with Gasteiger partial charge in [0.2, 0.25) is 0 Å². The minimum atomic E-state index is -0.542. The van der Waals surface area contributed by atoms with E-state index >= 15 is 0 Å². The minimum absolute atomic E-state index is 0.0305. The first-order chi connectivity index (χ1) is 16.9. The molecule has 2 aliphatic rings. The van der Waals surface area contributed by atoms with Crippen molar-refractivity contribution in [1.82, 2.24) is 20.3 Å². The molecule has 3 heterocycles. The van der Waals surface area contributed by atoms with Crippen LogP contribution in [0.2, 0.25) is 0 Å². The van der Waals surface area contributed by atoms with E-state index in [1.54, 1.807) is 11.3 Å². The molecule has 8 heteroatoms. The quantitative estimate of drug-likeness (QED) is 0.496. The lowest BCUT2D eigenvalue weighted by Crippen LogP contribution is -2.55. The largest absolute Gasteiger partial charge is 0.491 e. The molecule has 1 fully saturated rings. The molecule has 3 aromatic rings. The van der Waals surface area contributed by atoms with Gasteiger partial charge in [0.25, 0.3) is 0 Å². The predicted molar refractivity (Wildman–Crippen MR) is 140 cm³/mol. The second kappa shape index (κ2) is 10.6. The molecular weight excluding hydrogens is 460 g/mol. The lowest BCUT2D eigenvalue weighted by Gasteiger charge is -2.41. The summed E-state index contributed by atoms with van der Waals surface area (Å²) < 4.78 is 7.03. The van der Waals surface area contributed by atoms with E-state index in [0.29, 0.717) is 12.6 Å². The number of nitrogens with one attached hydrogen (secondary N) is 1. The van der Waals surface area contributed by atoms with Gasteiger partial charge < -0.3 is 9.84 Å². The lowest BCUT2D eigenvalue weighted by molar-refractivity contribution is -0.00741. The highest BCUT2D eigenvalue weighted by atomic mass is 32.1. The third-order valence-electron chi connectivity index (χ3n) is 6.68. The highest BCUT2D eigenvalue weighted by molar-refractivity contribution is 7.18. The molecule has 7 nitrogen and oxygen atoms in total. The van der Waals surface area contributed by atoms with Gasteiger partial charge >= 0.3 is 0 Å². The molecule has 1 saturated heterocycles. The van der Waals surface area contributed by atoms with Gasteiger partial charge in [-0.15, -0.1) is 11.3 Å². The Labute approximate surface area is 210 Å². The zero-order valence-corrected chi connectivity index (χ0v) is 21.4. The van der Waals surface area contributed by atoms with Gasteiger partial charge in [-0.2, -0.15) is 0 Å². The summed E-state index contributed by atoms with van der Waals surface area (Å²) in [5, 5.41) is 11.7. The monoisotopic (exact) mass is 494 g/mol. The molecule has 35 heavy (non-hydrogen) atoms. The van der Waals surface area contributed by atoms with Crippen LogP contribution in [0, 0.1) is 13.8 Å². The van der Waals surface area contributed by atoms with Crippen LogP contribution >= 0.6 is 11.3 Å². The molecule has 0 amide bonds. The number of rotatable bonds is 8. The molecule has 0 aliphatic carbocycles. The maximum atomic E-state index is 10.6. The molecule has 3 atom stereocenters. The second-order valence-corrected chi connectivity index (χ2v) is 10.9. The Kier molecular flexibility index (Phi) is 7.36. The third kappa shape index (κ3) is 6.02. The van der Waals surface area contributed by atoms with E-state index < -0.39 is 6.10 Å².